The molecular formula is C18H24N6OS. The molecular weight excluding hydrogens is 348 g/mol. The SMILES string of the molecule is CCn1cc(Nc2nc(CN3CCOCC3)nc3sc(C)c(C)c23)cn1. The fourth-order valence-electron chi connectivity index (χ4n) is 3.15. The van der Waals surface area contributed by atoms with Crippen LogP contribution >= 0.6 is 11.3 Å². The normalized spacial score (nSPS) is 15.7. The number of rotatable bonds is 5. The highest BCUT2D eigenvalue weighted by atomic mass is 32.1. The second-order valence-electron chi connectivity index (χ2n) is 6.55. The van der Waals surface area contributed by atoms with Crippen LogP contribution in [0.25, 0.3) is 10.2 Å². The molecule has 1 fully saturated rings. The Kier molecular flexibility index (Phi) is 4.88. The van der Waals surface area contributed by atoms with E-state index in [0.717, 1.165) is 66.9 Å². The van der Waals surface area contributed by atoms with Crippen molar-refractivity contribution in [2.75, 3.05) is 31.6 Å². The number of morpholine rings is 1. The molecule has 0 bridgehead atoms. The smallest absolute Gasteiger partial charge is 0.146 e. The zero-order valence-corrected chi connectivity index (χ0v) is 16.3. The van der Waals surface area contributed by atoms with Gasteiger partial charge in [0.1, 0.15) is 16.5 Å². The summed E-state index contributed by atoms with van der Waals surface area (Å²) in [6.45, 7) is 11.4. The third-order valence-corrected chi connectivity index (χ3v) is 5.86. The molecule has 1 aliphatic rings. The van der Waals surface area contributed by atoms with Gasteiger partial charge in [0.25, 0.3) is 0 Å². The summed E-state index contributed by atoms with van der Waals surface area (Å²) >= 11 is 1.73. The Morgan fingerprint density at radius 1 is 1.23 bits per heavy atom. The van der Waals surface area contributed by atoms with E-state index >= 15 is 0 Å². The van der Waals surface area contributed by atoms with E-state index in [1.54, 1.807) is 11.3 Å². The van der Waals surface area contributed by atoms with Crippen molar-refractivity contribution in [1.29, 1.82) is 0 Å². The van der Waals surface area contributed by atoms with Crippen molar-refractivity contribution in [3.8, 4) is 0 Å². The average Bonchev–Trinajstić information content (AvgIpc) is 3.20. The van der Waals surface area contributed by atoms with Gasteiger partial charge in [0.05, 0.1) is 37.0 Å². The molecule has 0 spiro atoms. The van der Waals surface area contributed by atoms with Crippen molar-refractivity contribution in [2.24, 2.45) is 0 Å². The van der Waals surface area contributed by atoms with Crippen LogP contribution in [-0.4, -0.2) is 51.0 Å². The molecule has 1 N–H and O–H groups in total. The number of nitrogens with one attached hydrogen (secondary N) is 1. The van der Waals surface area contributed by atoms with Crippen molar-refractivity contribution in [3.05, 3.63) is 28.7 Å². The molecule has 7 nitrogen and oxygen atoms in total. The Hall–Kier alpha value is -2.03. The predicted molar refractivity (Wildman–Crippen MR) is 104 cm³/mol. The molecule has 8 heteroatoms. The Bertz CT molecular complexity index is 912. The molecule has 0 aliphatic carbocycles. The van der Waals surface area contributed by atoms with Crippen LogP contribution in [0.5, 0.6) is 0 Å². The van der Waals surface area contributed by atoms with Crippen molar-refractivity contribution in [1.82, 2.24) is 24.6 Å². The highest BCUT2D eigenvalue weighted by molar-refractivity contribution is 7.18. The van der Waals surface area contributed by atoms with E-state index in [-0.39, 0.29) is 0 Å². The van der Waals surface area contributed by atoms with Gasteiger partial charge in [0.15, 0.2) is 0 Å². The van der Waals surface area contributed by atoms with Gasteiger partial charge >= 0.3 is 0 Å². The molecule has 0 saturated carbocycles. The number of fused-ring (bicyclic) bond motifs is 1. The summed E-state index contributed by atoms with van der Waals surface area (Å²) in [5.74, 6) is 1.72. The Balaban J connectivity index is 1.70. The summed E-state index contributed by atoms with van der Waals surface area (Å²) in [6.07, 6.45) is 3.85. The van der Waals surface area contributed by atoms with Crippen LogP contribution in [0.3, 0.4) is 0 Å². The molecule has 138 valence electrons. The van der Waals surface area contributed by atoms with Gasteiger partial charge < -0.3 is 10.1 Å². The monoisotopic (exact) mass is 372 g/mol. The standard InChI is InChI=1S/C18H24N6OS/c1-4-24-10-14(9-19-24)20-17-16-12(2)13(3)26-18(16)22-15(21-17)11-23-5-7-25-8-6-23/h9-10H,4-8,11H2,1-3H3,(H,20,21,22). The quantitative estimate of drug-likeness (QED) is 0.742. The average molecular weight is 372 g/mol. The number of aromatic nitrogens is 4. The van der Waals surface area contributed by atoms with Crippen LogP contribution in [-0.2, 0) is 17.8 Å². The summed E-state index contributed by atoms with van der Waals surface area (Å²) < 4.78 is 7.34. The maximum Gasteiger partial charge on any atom is 0.146 e. The van der Waals surface area contributed by atoms with Crippen LogP contribution < -0.4 is 5.32 Å². The topological polar surface area (TPSA) is 68.1 Å². The predicted octanol–water partition coefficient (Wildman–Crippen LogP) is 3.10. The lowest BCUT2D eigenvalue weighted by atomic mass is 10.2. The number of hydrogen-bond donors (Lipinski definition) is 1. The van der Waals surface area contributed by atoms with Gasteiger partial charge in [-0.3, -0.25) is 9.58 Å². The van der Waals surface area contributed by atoms with E-state index in [0.29, 0.717) is 0 Å². The van der Waals surface area contributed by atoms with Crippen LogP contribution in [0, 0.1) is 13.8 Å². The number of aryl methyl sites for hydroxylation is 3. The van der Waals surface area contributed by atoms with Crippen molar-refractivity contribution in [3.63, 3.8) is 0 Å². The summed E-state index contributed by atoms with van der Waals surface area (Å²) in [4.78, 5) is 14.4. The molecule has 0 aromatic carbocycles. The molecule has 4 rings (SSSR count). The Morgan fingerprint density at radius 2 is 2.04 bits per heavy atom. The first-order valence-electron chi connectivity index (χ1n) is 9.00. The lowest BCUT2D eigenvalue weighted by Crippen LogP contribution is -2.36. The molecule has 1 saturated heterocycles. The number of anilines is 2. The van der Waals surface area contributed by atoms with Crippen LogP contribution in [0.4, 0.5) is 11.5 Å². The zero-order valence-electron chi connectivity index (χ0n) is 15.4. The Labute approximate surface area is 157 Å². The first-order chi connectivity index (χ1) is 12.6. The highest BCUT2D eigenvalue weighted by Crippen LogP contribution is 2.34. The third-order valence-electron chi connectivity index (χ3n) is 4.76. The maximum absolute atomic E-state index is 5.44. The first-order valence-corrected chi connectivity index (χ1v) is 9.82. The largest absolute Gasteiger partial charge is 0.379 e. The van der Waals surface area contributed by atoms with Gasteiger partial charge in [-0.2, -0.15) is 5.10 Å². The molecule has 3 aromatic rings. The summed E-state index contributed by atoms with van der Waals surface area (Å²) in [6, 6.07) is 0. The van der Waals surface area contributed by atoms with Crippen molar-refractivity contribution >= 4 is 33.1 Å². The molecule has 3 aromatic heterocycles. The lowest BCUT2D eigenvalue weighted by molar-refractivity contribution is 0.0331. The van der Waals surface area contributed by atoms with E-state index in [1.165, 1.54) is 10.4 Å². The molecule has 26 heavy (non-hydrogen) atoms. The van der Waals surface area contributed by atoms with Crippen LogP contribution in [0.15, 0.2) is 12.4 Å². The highest BCUT2D eigenvalue weighted by Gasteiger charge is 2.18. The van der Waals surface area contributed by atoms with Gasteiger partial charge in [-0.15, -0.1) is 11.3 Å². The third kappa shape index (κ3) is 3.44. The number of nitrogens with zero attached hydrogens (tertiary/aromatic N) is 5. The van der Waals surface area contributed by atoms with Crippen LogP contribution in [0.2, 0.25) is 0 Å². The fraction of sp³-hybridized carbons (Fsp3) is 0.500. The summed E-state index contributed by atoms with van der Waals surface area (Å²) in [5.41, 5.74) is 2.20. The van der Waals surface area contributed by atoms with E-state index in [4.69, 9.17) is 14.7 Å². The molecule has 4 heterocycles. The minimum atomic E-state index is 0.748. The summed E-state index contributed by atoms with van der Waals surface area (Å²) in [7, 11) is 0. The van der Waals surface area contributed by atoms with Gasteiger partial charge in [0, 0.05) is 30.7 Å². The zero-order chi connectivity index (χ0) is 18.1. The molecule has 0 atom stereocenters. The number of ether oxygens (including phenoxy) is 1. The van der Waals surface area contributed by atoms with E-state index in [2.05, 4.69) is 36.1 Å². The van der Waals surface area contributed by atoms with Crippen molar-refractivity contribution < 1.29 is 4.74 Å². The maximum atomic E-state index is 5.44. The number of hydrogen-bond acceptors (Lipinski definition) is 7. The van der Waals surface area contributed by atoms with Gasteiger partial charge in [-0.05, 0) is 26.3 Å². The molecule has 0 radical (unpaired) electrons. The minimum Gasteiger partial charge on any atom is -0.379 e. The molecule has 0 amide bonds. The van der Waals surface area contributed by atoms with Gasteiger partial charge in [0.2, 0.25) is 0 Å². The fourth-order valence-corrected chi connectivity index (χ4v) is 4.20. The Morgan fingerprint density at radius 3 is 2.77 bits per heavy atom. The first kappa shape index (κ1) is 17.4. The molecule has 1 aliphatic heterocycles. The van der Waals surface area contributed by atoms with Gasteiger partial charge in [-0.25, -0.2) is 9.97 Å². The van der Waals surface area contributed by atoms with Crippen LogP contribution in [0.1, 0.15) is 23.2 Å². The lowest BCUT2D eigenvalue weighted by Gasteiger charge is -2.25. The molecule has 0 unspecified atom stereocenters. The van der Waals surface area contributed by atoms with E-state index in [1.807, 2.05) is 17.1 Å². The van der Waals surface area contributed by atoms with E-state index in [9.17, 15) is 0 Å². The van der Waals surface area contributed by atoms with Crippen molar-refractivity contribution in [2.45, 2.75) is 33.9 Å². The second-order valence-corrected chi connectivity index (χ2v) is 7.75. The summed E-state index contributed by atoms with van der Waals surface area (Å²) in [5, 5.41) is 8.92. The van der Waals surface area contributed by atoms with E-state index < -0.39 is 0 Å². The van der Waals surface area contributed by atoms with Gasteiger partial charge in [-0.1, -0.05) is 0 Å². The second kappa shape index (κ2) is 7.30. The number of thiophene rings is 1. The minimum absolute atomic E-state index is 0.748.